The molecule has 1 aliphatic rings. The monoisotopic (exact) mass is 335 g/mol. The zero-order valence-electron chi connectivity index (χ0n) is 12.6. The second kappa shape index (κ2) is 5.78. The Balaban J connectivity index is 1.88. The number of carbonyl (C=O) groups is 1. The van der Waals surface area contributed by atoms with Gasteiger partial charge in [-0.2, -0.15) is 9.40 Å². The number of carboxylic acids is 1. The fraction of sp³-hybridized carbons (Fsp3) is 0.333. The van der Waals surface area contributed by atoms with E-state index in [1.165, 1.54) is 4.31 Å². The Hall–Kier alpha value is -2.19. The van der Waals surface area contributed by atoms with Crippen molar-refractivity contribution in [3.05, 3.63) is 46.8 Å². The Kier molecular flexibility index (Phi) is 3.95. The van der Waals surface area contributed by atoms with Crippen LogP contribution >= 0.6 is 0 Å². The highest BCUT2D eigenvalue weighted by Gasteiger charge is 2.32. The highest BCUT2D eigenvalue weighted by Crippen LogP contribution is 2.25. The second-order valence-corrected chi connectivity index (χ2v) is 7.36. The fourth-order valence-corrected chi connectivity index (χ4v) is 4.13. The second-order valence-electron chi connectivity index (χ2n) is 5.42. The number of fused-ring (bicyclic) bond motifs is 1. The van der Waals surface area contributed by atoms with Crippen LogP contribution in [0, 0.1) is 0 Å². The van der Waals surface area contributed by atoms with E-state index >= 15 is 0 Å². The smallest absolute Gasteiger partial charge is 0.356 e. The highest BCUT2D eigenvalue weighted by molar-refractivity contribution is 7.89. The van der Waals surface area contributed by atoms with Crippen molar-refractivity contribution in [2.75, 3.05) is 6.54 Å². The summed E-state index contributed by atoms with van der Waals surface area (Å²) in [6.45, 7) is 2.35. The molecule has 2 N–H and O–H groups in total. The maximum atomic E-state index is 12.7. The number of benzene rings is 1. The lowest BCUT2D eigenvalue weighted by Crippen LogP contribution is -2.36. The van der Waals surface area contributed by atoms with Gasteiger partial charge in [0, 0.05) is 12.1 Å². The Morgan fingerprint density at radius 2 is 2.04 bits per heavy atom. The highest BCUT2D eigenvalue weighted by atomic mass is 32.2. The molecule has 0 aliphatic carbocycles. The molecule has 1 aliphatic heterocycles. The fourth-order valence-electron chi connectivity index (χ4n) is 2.72. The molecule has 0 unspecified atom stereocenters. The predicted molar refractivity (Wildman–Crippen MR) is 82.7 cm³/mol. The lowest BCUT2D eigenvalue weighted by Gasteiger charge is -2.26. The molecule has 1 aromatic heterocycles. The Labute approximate surface area is 134 Å². The summed E-state index contributed by atoms with van der Waals surface area (Å²) in [4.78, 5) is 11.3. The molecule has 0 bridgehead atoms. The van der Waals surface area contributed by atoms with Crippen LogP contribution in [0.5, 0.6) is 0 Å². The van der Waals surface area contributed by atoms with Crippen molar-refractivity contribution in [2.45, 2.75) is 31.2 Å². The topological polar surface area (TPSA) is 103 Å². The molecular formula is C15H17N3O4S. The van der Waals surface area contributed by atoms with Gasteiger partial charge in [0.25, 0.3) is 0 Å². The van der Waals surface area contributed by atoms with Crippen molar-refractivity contribution in [1.82, 2.24) is 14.5 Å². The van der Waals surface area contributed by atoms with Crippen molar-refractivity contribution < 1.29 is 18.3 Å². The molecule has 2 aromatic rings. The summed E-state index contributed by atoms with van der Waals surface area (Å²) in [5, 5.41) is 15.5. The molecule has 0 atom stereocenters. The van der Waals surface area contributed by atoms with Crippen molar-refractivity contribution in [2.24, 2.45) is 0 Å². The van der Waals surface area contributed by atoms with Crippen LogP contribution in [0.3, 0.4) is 0 Å². The number of carboxylic acid groups (broad SMARTS) is 1. The third-order valence-corrected chi connectivity index (χ3v) is 5.93. The van der Waals surface area contributed by atoms with Gasteiger partial charge < -0.3 is 5.11 Å². The summed E-state index contributed by atoms with van der Waals surface area (Å²) in [6, 6.07) is 6.83. The molecule has 0 amide bonds. The van der Waals surface area contributed by atoms with Gasteiger partial charge in [-0.05, 0) is 30.5 Å². The SMILES string of the molecule is CCc1ccc(S(=O)(=O)N2CCc3c(C(=O)O)n[nH]c3C2)cc1. The summed E-state index contributed by atoms with van der Waals surface area (Å²) in [7, 11) is -3.60. The third-order valence-electron chi connectivity index (χ3n) is 4.07. The van der Waals surface area contributed by atoms with Crippen LogP contribution in [0.1, 0.15) is 34.2 Å². The van der Waals surface area contributed by atoms with Crippen molar-refractivity contribution in [1.29, 1.82) is 0 Å². The van der Waals surface area contributed by atoms with E-state index in [1.807, 2.05) is 6.92 Å². The van der Waals surface area contributed by atoms with Gasteiger partial charge in [-0.15, -0.1) is 0 Å². The Morgan fingerprint density at radius 3 is 2.65 bits per heavy atom. The van der Waals surface area contributed by atoms with Crippen LogP contribution in [-0.4, -0.2) is 40.5 Å². The molecule has 0 fully saturated rings. The normalized spacial score (nSPS) is 15.3. The van der Waals surface area contributed by atoms with Crippen LogP contribution in [0.15, 0.2) is 29.2 Å². The van der Waals surface area contributed by atoms with E-state index in [0.717, 1.165) is 12.0 Å². The van der Waals surface area contributed by atoms with Crippen LogP contribution in [0.25, 0.3) is 0 Å². The molecule has 1 aromatic carbocycles. The number of aromatic carboxylic acids is 1. The van der Waals surface area contributed by atoms with Gasteiger partial charge >= 0.3 is 5.97 Å². The minimum absolute atomic E-state index is 0.0238. The average molecular weight is 335 g/mol. The van der Waals surface area contributed by atoms with Gasteiger partial charge in [-0.25, -0.2) is 13.2 Å². The Morgan fingerprint density at radius 1 is 1.35 bits per heavy atom. The lowest BCUT2D eigenvalue weighted by molar-refractivity contribution is 0.0689. The van der Waals surface area contributed by atoms with Gasteiger partial charge in [0.05, 0.1) is 17.1 Å². The number of hydrogen-bond acceptors (Lipinski definition) is 4. The molecule has 8 heteroatoms. The van der Waals surface area contributed by atoms with E-state index in [9.17, 15) is 13.2 Å². The maximum absolute atomic E-state index is 12.7. The molecule has 3 rings (SSSR count). The number of rotatable bonds is 4. The molecule has 0 radical (unpaired) electrons. The molecule has 0 spiro atoms. The molecule has 0 saturated heterocycles. The minimum Gasteiger partial charge on any atom is -0.476 e. The number of nitrogens with one attached hydrogen (secondary N) is 1. The first kappa shape index (κ1) is 15.7. The van der Waals surface area contributed by atoms with Crippen molar-refractivity contribution >= 4 is 16.0 Å². The molecule has 23 heavy (non-hydrogen) atoms. The van der Waals surface area contributed by atoms with Gasteiger partial charge in [0.15, 0.2) is 5.69 Å². The predicted octanol–water partition coefficient (Wildman–Crippen LogP) is 1.42. The number of sulfonamides is 1. The van der Waals surface area contributed by atoms with Crippen LogP contribution in [0.4, 0.5) is 0 Å². The average Bonchev–Trinajstić information content (AvgIpc) is 2.98. The zero-order chi connectivity index (χ0) is 16.6. The van der Waals surface area contributed by atoms with E-state index in [0.29, 0.717) is 17.7 Å². The van der Waals surface area contributed by atoms with Gasteiger partial charge in [0.1, 0.15) is 0 Å². The quantitative estimate of drug-likeness (QED) is 0.879. The summed E-state index contributed by atoms with van der Waals surface area (Å²) >= 11 is 0. The number of H-pyrrole nitrogens is 1. The zero-order valence-corrected chi connectivity index (χ0v) is 13.4. The maximum Gasteiger partial charge on any atom is 0.356 e. The first-order chi connectivity index (χ1) is 10.9. The van der Waals surface area contributed by atoms with Crippen LogP contribution in [-0.2, 0) is 29.4 Å². The number of aryl methyl sites for hydroxylation is 1. The van der Waals surface area contributed by atoms with Crippen molar-refractivity contribution in [3.63, 3.8) is 0 Å². The number of aromatic nitrogens is 2. The number of hydrogen-bond donors (Lipinski definition) is 2. The minimum atomic E-state index is -3.60. The van der Waals surface area contributed by atoms with Gasteiger partial charge in [0.2, 0.25) is 10.0 Å². The van der Waals surface area contributed by atoms with Crippen molar-refractivity contribution in [3.8, 4) is 0 Å². The summed E-state index contributed by atoms with van der Waals surface area (Å²) in [5.41, 5.74) is 2.18. The van der Waals surface area contributed by atoms with E-state index < -0.39 is 16.0 Å². The number of nitrogens with zero attached hydrogens (tertiary/aromatic N) is 2. The molecule has 2 heterocycles. The van der Waals surface area contributed by atoms with E-state index in [-0.39, 0.29) is 23.7 Å². The third kappa shape index (κ3) is 2.75. The molecule has 7 nitrogen and oxygen atoms in total. The summed E-state index contributed by atoms with van der Waals surface area (Å²) in [5.74, 6) is -1.10. The first-order valence-corrected chi connectivity index (χ1v) is 8.76. The van der Waals surface area contributed by atoms with Crippen LogP contribution < -0.4 is 0 Å². The molecule has 0 saturated carbocycles. The van der Waals surface area contributed by atoms with Crippen LogP contribution in [0.2, 0.25) is 0 Å². The number of aromatic amines is 1. The summed E-state index contributed by atoms with van der Waals surface area (Å²) in [6.07, 6.45) is 1.18. The Bertz CT molecular complexity index is 840. The molecule has 122 valence electrons. The largest absolute Gasteiger partial charge is 0.476 e. The lowest BCUT2D eigenvalue weighted by atomic mass is 10.1. The summed E-state index contributed by atoms with van der Waals surface area (Å²) < 4.78 is 26.8. The van der Waals surface area contributed by atoms with E-state index in [1.54, 1.807) is 24.3 Å². The standard InChI is InChI=1S/C15H17N3O4S/c1-2-10-3-5-11(6-4-10)23(21,22)18-8-7-12-13(9-18)16-17-14(12)15(19)20/h3-6H,2,7-9H2,1H3,(H,16,17)(H,19,20). The van der Waals surface area contributed by atoms with E-state index in [4.69, 9.17) is 5.11 Å². The first-order valence-electron chi connectivity index (χ1n) is 7.32. The molecular weight excluding hydrogens is 318 g/mol. The van der Waals surface area contributed by atoms with E-state index in [2.05, 4.69) is 10.2 Å². The van der Waals surface area contributed by atoms with Gasteiger partial charge in [-0.1, -0.05) is 19.1 Å². The van der Waals surface area contributed by atoms with Gasteiger partial charge in [-0.3, -0.25) is 5.10 Å².